The Morgan fingerprint density at radius 2 is 2.07 bits per heavy atom. The minimum Gasteiger partial charge on any atom is -0.352 e. The molecular formula is C19H25N7O. The Balaban J connectivity index is 1.54. The van der Waals surface area contributed by atoms with Crippen LogP contribution in [-0.4, -0.2) is 43.5 Å². The van der Waals surface area contributed by atoms with Crippen LogP contribution in [0.4, 0.5) is 11.8 Å². The number of piperidine rings is 1. The maximum atomic E-state index is 12.0. The molecule has 1 saturated heterocycles. The van der Waals surface area contributed by atoms with E-state index in [1.807, 2.05) is 48.7 Å². The Morgan fingerprint density at radius 1 is 1.19 bits per heavy atom. The van der Waals surface area contributed by atoms with Gasteiger partial charge in [0.25, 0.3) is 5.56 Å². The van der Waals surface area contributed by atoms with Gasteiger partial charge in [-0.25, -0.2) is 4.68 Å². The van der Waals surface area contributed by atoms with E-state index in [4.69, 9.17) is 0 Å². The van der Waals surface area contributed by atoms with E-state index in [9.17, 15) is 4.79 Å². The van der Waals surface area contributed by atoms with Gasteiger partial charge in [-0.05, 0) is 51.3 Å². The van der Waals surface area contributed by atoms with Crippen LogP contribution in [0.1, 0.15) is 39.2 Å². The zero-order chi connectivity index (χ0) is 18.8. The number of fused-ring (bicyclic) bond motifs is 1. The standard InChI is InChI=1S/C19H25N7O/c1-14(2)26-18(27)10-9-17(23-26)24-11-5-3-7-15(24)13-20-19-22-21-16-8-4-6-12-25(16)19/h4,6,8-10,12,14-15H,3,5,7,11,13H2,1-2H3,(H,20,22). The highest BCUT2D eigenvalue weighted by Gasteiger charge is 2.24. The van der Waals surface area contributed by atoms with Gasteiger partial charge in [-0.2, -0.15) is 5.10 Å². The number of hydrogen-bond acceptors (Lipinski definition) is 6. The molecule has 0 spiro atoms. The molecule has 142 valence electrons. The molecule has 1 aliphatic heterocycles. The van der Waals surface area contributed by atoms with Crippen LogP contribution in [0.5, 0.6) is 0 Å². The molecule has 1 atom stereocenters. The largest absolute Gasteiger partial charge is 0.352 e. The van der Waals surface area contributed by atoms with Gasteiger partial charge in [-0.1, -0.05) is 6.07 Å². The van der Waals surface area contributed by atoms with Gasteiger partial charge < -0.3 is 10.2 Å². The molecule has 1 unspecified atom stereocenters. The summed E-state index contributed by atoms with van der Waals surface area (Å²) in [6.07, 6.45) is 5.35. The van der Waals surface area contributed by atoms with Crippen LogP contribution in [0.3, 0.4) is 0 Å². The summed E-state index contributed by atoms with van der Waals surface area (Å²) >= 11 is 0. The summed E-state index contributed by atoms with van der Waals surface area (Å²) < 4.78 is 3.50. The molecule has 8 nitrogen and oxygen atoms in total. The highest BCUT2D eigenvalue weighted by molar-refractivity contribution is 5.45. The lowest BCUT2D eigenvalue weighted by Gasteiger charge is -2.36. The van der Waals surface area contributed by atoms with Crippen molar-refractivity contribution in [1.82, 2.24) is 24.4 Å². The molecule has 0 bridgehead atoms. The second-order valence-electron chi connectivity index (χ2n) is 7.24. The summed E-state index contributed by atoms with van der Waals surface area (Å²) in [5.41, 5.74) is 0.765. The lowest BCUT2D eigenvalue weighted by Crippen LogP contribution is -2.45. The number of nitrogens with zero attached hydrogens (tertiary/aromatic N) is 6. The highest BCUT2D eigenvalue weighted by atomic mass is 16.1. The van der Waals surface area contributed by atoms with Crippen molar-refractivity contribution in [1.29, 1.82) is 0 Å². The molecule has 1 N–H and O–H groups in total. The molecule has 0 saturated carbocycles. The van der Waals surface area contributed by atoms with Gasteiger partial charge in [-0.15, -0.1) is 10.2 Å². The van der Waals surface area contributed by atoms with Crippen LogP contribution in [0.2, 0.25) is 0 Å². The zero-order valence-electron chi connectivity index (χ0n) is 15.7. The van der Waals surface area contributed by atoms with Gasteiger partial charge in [0.1, 0.15) is 5.82 Å². The highest BCUT2D eigenvalue weighted by Crippen LogP contribution is 2.23. The molecule has 3 aromatic heterocycles. The molecular weight excluding hydrogens is 342 g/mol. The van der Waals surface area contributed by atoms with Crippen LogP contribution in [0.15, 0.2) is 41.3 Å². The lowest BCUT2D eigenvalue weighted by atomic mass is 10.0. The monoisotopic (exact) mass is 367 g/mol. The summed E-state index contributed by atoms with van der Waals surface area (Å²) in [5.74, 6) is 1.61. The first kappa shape index (κ1) is 17.5. The maximum absolute atomic E-state index is 12.0. The molecule has 1 fully saturated rings. The molecule has 4 heterocycles. The number of anilines is 2. The van der Waals surface area contributed by atoms with Crippen molar-refractivity contribution >= 4 is 17.4 Å². The molecule has 0 aromatic carbocycles. The van der Waals surface area contributed by atoms with E-state index in [2.05, 4.69) is 25.5 Å². The molecule has 0 aliphatic carbocycles. The van der Waals surface area contributed by atoms with E-state index in [-0.39, 0.29) is 11.6 Å². The summed E-state index contributed by atoms with van der Waals surface area (Å²) in [7, 11) is 0. The Hall–Kier alpha value is -2.90. The third-order valence-electron chi connectivity index (χ3n) is 5.03. The summed E-state index contributed by atoms with van der Waals surface area (Å²) in [4.78, 5) is 14.3. The first-order valence-corrected chi connectivity index (χ1v) is 9.53. The molecule has 27 heavy (non-hydrogen) atoms. The van der Waals surface area contributed by atoms with Gasteiger partial charge in [0.2, 0.25) is 5.95 Å². The average molecular weight is 367 g/mol. The van der Waals surface area contributed by atoms with Crippen molar-refractivity contribution < 1.29 is 0 Å². The van der Waals surface area contributed by atoms with Crippen molar-refractivity contribution in [2.24, 2.45) is 0 Å². The average Bonchev–Trinajstić information content (AvgIpc) is 3.10. The Kier molecular flexibility index (Phi) is 4.79. The number of rotatable bonds is 5. The summed E-state index contributed by atoms with van der Waals surface area (Å²) in [6, 6.07) is 9.64. The third kappa shape index (κ3) is 3.51. The van der Waals surface area contributed by atoms with Crippen LogP contribution in [0, 0.1) is 0 Å². The van der Waals surface area contributed by atoms with Crippen molar-refractivity contribution in [2.45, 2.75) is 45.2 Å². The topological polar surface area (TPSA) is 80.3 Å². The van der Waals surface area contributed by atoms with E-state index in [1.54, 1.807) is 10.7 Å². The van der Waals surface area contributed by atoms with Gasteiger partial charge in [0, 0.05) is 31.4 Å². The van der Waals surface area contributed by atoms with Gasteiger partial charge >= 0.3 is 0 Å². The predicted molar refractivity (Wildman–Crippen MR) is 105 cm³/mol. The van der Waals surface area contributed by atoms with Crippen molar-refractivity contribution in [2.75, 3.05) is 23.3 Å². The molecule has 4 rings (SSSR count). The maximum Gasteiger partial charge on any atom is 0.267 e. The van der Waals surface area contributed by atoms with E-state index < -0.39 is 0 Å². The number of hydrogen-bond donors (Lipinski definition) is 1. The van der Waals surface area contributed by atoms with Crippen LogP contribution >= 0.6 is 0 Å². The molecule has 0 amide bonds. The fourth-order valence-electron chi connectivity index (χ4n) is 3.62. The van der Waals surface area contributed by atoms with Crippen molar-refractivity contribution in [3.05, 3.63) is 46.9 Å². The fraction of sp³-hybridized carbons (Fsp3) is 0.474. The first-order valence-electron chi connectivity index (χ1n) is 9.53. The van der Waals surface area contributed by atoms with E-state index in [1.165, 1.54) is 6.42 Å². The van der Waals surface area contributed by atoms with Crippen molar-refractivity contribution in [3.8, 4) is 0 Å². The lowest BCUT2D eigenvalue weighted by molar-refractivity contribution is 0.451. The van der Waals surface area contributed by atoms with E-state index in [0.29, 0.717) is 6.04 Å². The molecule has 3 aromatic rings. The number of aromatic nitrogens is 5. The predicted octanol–water partition coefficient (Wildman–Crippen LogP) is 2.34. The minimum atomic E-state index is -0.0598. The van der Waals surface area contributed by atoms with Crippen LogP contribution in [0.25, 0.3) is 5.65 Å². The van der Waals surface area contributed by atoms with E-state index in [0.717, 1.165) is 43.3 Å². The normalized spacial score (nSPS) is 17.6. The second kappa shape index (κ2) is 7.38. The van der Waals surface area contributed by atoms with Crippen molar-refractivity contribution in [3.63, 3.8) is 0 Å². The smallest absolute Gasteiger partial charge is 0.267 e. The molecule has 1 aliphatic rings. The Labute approximate surface area is 157 Å². The fourth-order valence-corrected chi connectivity index (χ4v) is 3.62. The Morgan fingerprint density at radius 3 is 2.93 bits per heavy atom. The summed E-state index contributed by atoms with van der Waals surface area (Å²) in [6.45, 7) is 5.64. The summed E-state index contributed by atoms with van der Waals surface area (Å²) in [5, 5.41) is 16.5. The first-order chi connectivity index (χ1) is 13.1. The number of pyridine rings is 1. The third-order valence-corrected chi connectivity index (χ3v) is 5.03. The second-order valence-corrected chi connectivity index (χ2v) is 7.24. The number of nitrogens with one attached hydrogen (secondary N) is 1. The van der Waals surface area contributed by atoms with E-state index >= 15 is 0 Å². The van der Waals surface area contributed by atoms with Crippen LogP contribution in [-0.2, 0) is 0 Å². The quantitative estimate of drug-likeness (QED) is 0.746. The van der Waals surface area contributed by atoms with Crippen LogP contribution < -0.4 is 15.8 Å². The van der Waals surface area contributed by atoms with Gasteiger partial charge in [0.05, 0.1) is 6.04 Å². The molecule has 8 heteroatoms. The molecule has 0 radical (unpaired) electrons. The minimum absolute atomic E-state index is 0.0428. The van der Waals surface area contributed by atoms with Gasteiger partial charge in [-0.3, -0.25) is 9.20 Å². The van der Waals surface area contributed by atoms with Gasteiger partial charge in [0.15, 0.2) is 5.65 Å². The Bertz CT molecular complexity index is 977. The zero-order valence-corrected chi connectivity index (χ0v) is 15.7. The SMILES string of the molecule is CC(C)n1nc(N2CCCCC2CNc2nnc3ccccn23)ccc1=O.